The molecule has 0 bridgehead atoms. The van der Waals surface area contributed by atoms with Gasteiger partial charge < -0.3 is 9.47 Å². The lowest BCUT2D eigenvalue weighted by molar-refractivity contribution is -0.741. The van der Waals surface area contributed by atoms with Gasteiger partial charge in [0, 0.05) is 0 Å². The van der Waals surface area contributed by atoms with E-state index in [1.165, 1.54) is 23.7 Å². The van der Waals surface area contributed by atoms with Gasteiger partial charge in [-0.1, -0.05) is 40.7 Å². The summed E-state index contributed by atoms with van der Waals surface area (Å²) in [4.78, 5) is 43.6. The average Bonchev–Trinajstić information content (AvgIpc) is 3.35. The number of amides is 1. The van der Waals surface area contributed by atoms with Crippen LogP contribution in [0.25, 0.3) is 6.08 Å². The van der Waals surface area contributed by atoms with Crippen LogP contribution in [0, 0.1) is 0 Å². The van der Waals surface area contributed by atoms with Crippen LogP contribution in [0.5, 0.6) is 11.5 Å². The number of H-pyrrole nitrogens is 1. The Morgan fingerprint density at radius 1 is 1.15 bits per heavy atom. The summed E-state index contributed by atoms with van der Waals surface area (Å²) in [5, 5.41) is 2.63. The number of rotatable bonds is 7. The van der Waals surface area contributed by atoms with Crippen molar-refractivity contribution in [3.63, 3.8) is 0 Å². The van der Waals surface area contributed by atoms with Crippen LogP contribution in [-0.2, 0) is 11.8 Å². The summed E-state index contributed by atoms with van der Waals surface area (Å²) >= 11 is 1.05. The van der Waals surface area contributed by atoms with Crippen LogP contribution >= 0.6 is 11.8 Å². The molecule has 1 aliphatic rings. The molecule has 1 amide bonds. The van der Waals surface area contributed by atoms with E-state index >= 15 is 0 Å². The number of Topliss-reactive ketones (excluding diaryl/α,β-unsaturated/α-hetero) is 1. The van der Waals surface area contributed by atoms with Gasteiger partial charge in [-0.05, 0) is 41.2 Å². The smallest absolute Gasteiger partial charge is 0.438 e. The number of anilines is 1. The van der Waals surface area contributed by atoms with Gasteiger partial charge in [-0.25, -0.2) is 9.79 Å². The third kappa shape index (κ3) is 4.50. The first kappa shape index (κ1) is 23.1. The maximum absolute atomic E-state index is 13.3. The van der Waals surface area contributed by atoms with Gasteiger partial charge in [0.2, 0.25) is 5.78 Å². The van der Waals surface area contributed by atoms with Crippen LogP contribution in [-0.4, -0.2) is 42.1 Å². The topological polar surface area (TPSA) is 118 Å². The molecule has 34 heavy (non-hydrogen) atoms. The number of hydrogen-bond acceptors (Lipinski definition) is 8. The maximum Gasteiger partial charge on any atom is 0.438 e. The lowest BCUT2D eigenvalue weighted by Crippen LogP contribution is -2.40. The van der Waals surface area contributed by atoms with Gasteiger partial charge in [0.15, 0.2) is 23.7 Å². The molecule has 174 valence electrons. The Balaban J connectivity index is 1.66. The number of hydrogen-bond donors (Lipinski definition) is 1. The van der Waals surface area contributed by atoms with Crippen LogP contribution < -0.4 is 24.7 Å². The highest BCUT2D eigenvalue weighted by atomic mass is 32.2. The maximum atomic E-state index is 13.3. The largest absolute Gasteiger partial charge is 0.493 e. The standard InChI is InChI=1S/C23H20N4O6S/c1-26-20(22(30)33-25-26)17(28)13-34-23-24-16(21(29)27(23)15-7-5-4-6-8-15)11-14-9-10-18(31-2)19(12-14)32-3/h4-12H,13H2,1-3H3/p+1/b16-11+. The molecule has 0 unspecified atom stereocenters. The van der Waals surface area contributed by atoms with E-state index in [0.717, 1.165) is 11.8 Å². The number of aliphatic imine (C=N–C) groups is 1. The molecule has 3 aromatic rings. The summed E-state index contributed by atoms with van der Waals surface area (Å²) in [6.07, 6.45) is 1.64. The molecule has 2 heterocycles. The number of carbonyl (C=O) groups excluding carboxylic acids is 2. The molecule has 1 N–H and O–H groups in total. The highest BCUT2D eigenvalue weighted by Gasteiger charge is 2.34. The zero-order valence-electron chi connectivity index (χ0n) is 18.6. The molecule has 0 fully saturated rings. The van der Waals surface area contributed by atoms with Gasteiger partial charge in [-0.15, -0.1) is 0 Å². The third-order valence-electron chi connectivity index (χ3n) is 4.96. The molecular weight excluding hydrogens is 460 g/mol. The van der Waals surface area contributed by atoms with Crippen LogP contribution in [0.1, 0.15) is 16.1 Å². The molecule has 0 saturated carbocycles. The second kappa shape index (κ2) is 9.79. The van der Waals surface area contributed by atoms with Crippen LogP contribution in [0.15, 0.2) is 68.5 Å². The second-order valence-electron chi connectivity index (χ2n) is 7.11. The fourth-order valence-electron chi connectivity index (χ4n) is 3.34. The Labute approximate surface area is 198 Å². The zero-order chi connectivity index (χ0) is 24.2. The summed E-state index contributed by atoms with van der Waals surface area (Å²) in [5.74, 6) is 0.166. The first-order valence-electron chi connectivity index (χ1n) is 10.1. The number of ketones is 1. The van der Waals surface area contributed by atoms with Crippen molar-refractivity contribution in [3.05, 3.63) is 75.9 Å². The van der Waals surface area contributed by atoms with Crippen molar-refractivity contribution in [1.29, 1.82) is 0 Å². The van der Waals surface area contributed by atoms with Crippen molar-refractivity contribution in [2.24, 2.45) is 12.0 Å². The Morgan fingerprint density at radius 3 is 2.53 bits per heavy atom. The number of aryl methyl sites for hydroxylation is 1. The molecule has 0 aliphatic carbocycles. The second-order valence-corrected chi connectivity index (χ2v) is 8.06. The van der Waals surface area contributed by atoms with Crippen LogP contribution in [0.3, 0.4) is 0 Å². The Bertz CT molecular complexity index is 1360. The SMILES string of the molecule is COc1ccc(/C=C2/N=C(SCC(=O)c3c(=O)o[nH][n+]3C)N(c3ccccc3)C2=O)cc1OC. The Hall–Kier alpha value is -4.12. The van der Waals surface area contributed by atoms with E-state index in [1.807, 2.05) is 6.07 Å². The molecule has 1 aliphatic heterocycles. The van der Waals surface area contributed by atoms with Crippen molar-refractivity contribution in [1.82, 2.24) is 5.27 Å². The first-order chi connectivity index (χ1) is 16.4. The van der Waals surface area contributed by atoms with Crippen molar-refractivity contribution in [2.75, 3.05) is 24.9 Å². The summed E-state index contributed by atoms with van der Waals surface area (Å²) in [6, 6.07) is 14.2. The van der Waals surface area contributed by atoms with Crippen molar-refractivity contribution < 1.29 is 28.3 Å². The first-order valence-corrected chi connectivity index (χ1v) is 11.1. The predicted octanol–water partition coefficient (Wildman–Crippen LogP) is 2.17. The van der Waals surface area contributed by atoms with E-state index in [9.17, 15) is 14.4 Å². The molecule has 0 radical (unpaired) electrons. The number of ether oxygens (including phenoxy) is 2. The quantitative estimate of drug-likeness (QED) is 0.312. The molecule has 10 nitrogen and oxygen atoms in total. The van der Waals surface area contributed by atoms with Gasteiger partial charge in [-0.2, -0.15) is 0 Å². The number of carbonyl (C=O) groups is 2. The normalized spacial score (nSPS) is 14.4. The number of aromatic nitrogens is 2. The average molecular weight is 482 g/mol. The van der Waals surface area contributed by atoms with E-state index in [0.29, 0.717) is 27.9 Å². The fraction of sp³-hybridized carbons (Fsp3) is 0.174. The molecular formula is C23H21N4O6S+. The molecule has 0 atom stereocenters. The third-order valence-corrected chi connectivity index (χ3v) is 5.89. The molecule has 0 spiro atoms. The van der Waals surface area contributed by atoms with Crippen molar-refractivity contribution >= 4 is 40.4 Å². The number of para-hydroxylation sites is 1. The van der Waals surface area contributed by atoms with Gasteiger partial charge in [0.25, 0.3) is 5.91 Å². The Kier molecular flexibility index (Phi) is 6.64. The van der Waals surface area contributed by atoms with E-state index in [4.69, 9.17) is 9.47 Å². The molecule has 1 aromatic heterocycles. The van der Waals surface area contributed by atoms with E-state index in [2.05, 4.69) is 14.8 Å². The highest BCUT2D eigenvalue weighted by Crippen LogP contribution is 2.32. The van der Waals surface area contributed by atoms with Crippen LogP contribution in [0.4, 0.5) is 5.69 Å². The van der Waals surface area contributed by atoms with Crippen molar-refractivity contribution in [3.8, 4) is 11.5 Å². The summed E-state index contributed by atoms with van der Waals surface area (Å²) in [7, 11) is 4.57. The summed E-state index contributed by atoms with van der Waals surface area (Å²) in [5.41, 5.74) is 0.611. The van der Waals surface area contributed by atoms with Crippen molar-refractivity contribution in [2.45, 2.75) is 0 Å². The van der Waals surface area contributed by atoms with E-state index in [-0.39, 0.29) is 23.1 Å². The minimum Gasteiger partial charge on any atom is -0.493 e. The number of methoxy groups -OCH3 is 2. The number of aromatic amines is 1. The fourth-order valence-corrected chi connectivity index (χ4v) is 4.22. The van der Waals surface area contributed by atoms with Gasteiger partial charge in [0.1, 0.15) is 5.70 Å². The lowest BCUT2D eigenvalue weighted by atomic mass is 10.1. The summed E-state index contributed by atoms with van der Waals surface area (Å²) < 4.78 is 16.5. The minimum absolute atomic E-state index is 0.116. The number of amidine groups is 1. The number of nitrogens with one attached hydrogen (secondary N) is 1. The number of thioether (sulfide) groups is 1. The van der Waals surface area contributed by atoms with E-state index < -0.39 is 11.4 Å². The van der Waals surface area contributed by atoms with Crippen LogP contribution in [0.2, 0.25) is 0 Å². The summed E-state index contributed by atoms with van der Waals surface area (Å²) in [6.45, 7) is 0. The van der Waals surface area contributed by atoms with Gasteiger partial charge >= 0.3 is 11.3 Å². The number of nitrogens with zero attached hydrogens (tertiary/aromatic N) is 3. The van der Waals surface area contributed by atoms with Gasteiger partial charge in [-0.3, -0.25) is 19.0 Å². The van der Waals surface area contributed by atoms with E-state index in [1.54, 1.807) is 55.7 Å². The molecule has 2 aromatic carbocycles. The zero-order valence-corrected chi connectivity index (χ0v) is 19.4. The Morgan fingerprint density at radius 2 is 1.88 bits per heavy atom. The predicted molar refractivity (Wildman–Crippen MR) is 126 cm³/mol. The van der Waals surface area contributed by atoms with Gasteiger partial charge in [0.05, 0.1) is 25.7 Å². The number of benzene rings is 2. The highest BCUT2D eigenvalue weighted by molar-refractivity contribution is 8.14. The minimum atomic E-state index is -0.758. The monoisotopic (exact) mass is 481 g/mol. The lowest BCUT2D eigenvalue weighted by Gasteiger charge is -2.17. The molecule has 4 rings (SSSR count). The molecule has 11 heteroatoms. The molecule has 0 saturated heterocycles.